The zero-order chi connectivity index (χ0) is 19.5. The second-order valence-electron chi connectivity index (χ2n) is 7.37. The molecular weight excluding hydrogens is 360 g/mol. The standard InChI is InChI=1S/C20H19N4O4/c1-22-16-6-2-3-7-17(16)23-18(13-8-10-14(11-9-13)24(26)27)21-28-20(23)12-4-5-15(20)19(22)25/h2-3,6-11,15,21H,4-5,12H2,1H3/q-1. The van der Waals surface area contributed by atoms with E-state index in [0.717, 1.165) is 36.2 Å². The van der Waals surface area contributed by atoms with Crippen molar-refractivity contribution in [3.63, 3.8) is 0 Å². The monoisotopic (exact) mass is 379 g/mol. The number of carbonyl (C=O) groups excluding carboxylic acids is 1. The first-order chi connectivity index (χ1) is 13.5. The number of nitrogens with zero attached hydrogens (tertiary/aromatic N) is 3. The minimum atomic E-state index is -0.797. The molecule has 0 bridgehead atoms. The molecule has 2 atom stereocenters. The summed E-state index contributed by atoms with van der Waals surface area (Å²) in [6, 6.07) is 7.75. The van der Waals surface area contributed by atoms with Gasteiger partial charge in [-0.05, 0) is 43.5 Å². The van der Waals surface area contributed by atoms with Gasteiger partial charge in [0.15, 0.2) is 5.72 Å². The van der Waals surface area contributed by atoms with Crippen molar-refractivity contribution >= 4 is 23.0 Å². The van der Waals surface area contributed by atoms with Gasteiger partial charge in [0.2, 0.25) is 11.6 Å². The predicted octanol–water partition coefficient (Wildman–Crippen LogP) is 2.29. The van der Waals surface area contributed by atoms with Gasteiger partial charge in [-0.2, -0.15) is 4.90 Å². The summed E-state index contributed by atoms with van der Waals surface area (Å²) >= 11 is 0. The summed E-state index contributed by atoms with van der Waals surface area (Å²) in [4.78, 5) is 22.7. The van der Waals surface area contributed by atoms with Crippen LogP contribution in [0.15, 0.2) is 60.0 Å². The highest BCUT2D eigenvalue weighted by Gasteiger charge is 2.60. The maximum Gasteiger partial charge on any atom is 0.234 e. The van der Waals surface area contributed by atoms with Crippen LogP contribution in [0.4, 0.5) is 11.4 Å². The zero-order valence-electron chi connectivity index (χ0n) is 15.3. The largest absolute Gasteiger partial charge is 0.612 e. The normalized spacial score (nSPS) is 28.1. The molecule has 5 rings (SSSR count). The van der Waals surface area contributed by atoms with Gasteiger partial charge in [-0.1, -0.05) is 12.1 Å². The molecule has 1 spiro atoms. The third-order valence-electron chi connectivity index (χ3n) is 5.96. The van der Waals surface area contributed by atoms with Gasteiger partial charge in [0, 0.05) is 24.8 Å². The van der Waals surface area contributed by atoms with Crippen LogP contribution in [0.3, 0.4) is 0 Å². The molecule has 1 aromatic carbocycles. The molecule has 1 saturated carbocycles. The quantitative estimate of drug-likeness (QED) is 0.549. The van der Waals surface area contributed by atoms with E-state index in [2.05, 4.69) is 10.4 Å². The highest BCUT2D eigenvalue weighted by Crippen LogP contribution is 2.53. The molecule has 4 aliphatic rings. The third-order valence-corrected chi connectivity index (χ3v) is 5.96. The van der Waals surface area contributed by atoms with Crippen LogP contribution in [0.2, 0.25) is 0 Å². The van der Waals surface area contributed by atoms with E-state index in [1.165, 1.54) is 12.2 Å². The average Bonchev–Trinajstić information content (AvgIpc) is 3.30. The van der Waals surface area contributed by atoms with Gasteiger partial charge in [-0.25, -0.2) is 10.3 Å². The molecule has 0 aromatic heterocycles. The lowest BCUT2D eigenvalue weighted by atomic mass is 9.96. The SMILES string of the molecule is CN1C(=O)C2CCCC23ONC(=C2C=CC(=[N+]([O-])[O-])C=C2)N3c2ccccc21. The van der Waals surface area contributed by atoms with Gasteiger partial charge in [-0.3, -0.25) is 9.69 Å². The van der Waals surface area contributed by atoms with Crippen LogP contribution in [0.1, 0.15) is 19.3 Å². The molecule has 8 heteroatoms. The molecule has 2 fully saturated rings. The molecule has 0 radical (unpaired) electrons. The van der Waals surface area contributed by atoms with Crippen molar-refractivity contribution in [2.45, 2.75) is 25.0 Å². The molecule has 8 nitrogen and oxygen atoms in total. The predicted molar refractivity (Wildman–Crippen MR) is 104 cm³/mol. The number of benzene rings is 1. The fourth-order valence-corrected chi connectivity index (χ4v) is 4.63. The van der Waals surface area contributed by atoms with E-state index in [-0.39, 0.29) is 17.5 Å². The van der Waals surface area contributed by atoms with Crippen molar-refractivity contribution < 1.29 is 14.5 Å². The Hall–Kier alpha value is -3.26. The number of carbonyl (C=O) groups is 1. The number of nitrogens with one attached hydrogen (secondary N) is 1. The van der Waals surface area contributed by atoms with Crippen molar-refractivity contribution in [3.8, 4) is 0 Å². The molecule has 1 aromatic rings. The molecule has 28 heavy (non-hydrogen) atoms. The Morgan fingerprint density at radius 3 is 2.61 bits per heavy atom. The Balaban J connectivity index is 1.72. The highest BCUT2D eigenvalue weighted by molar-refractivity contribution is 6.03. The number of hydrogen-bond donors (Lipinski definition) is 1. The Bertz CT molecular complexity index is 974. The number of para-hydroxylation sites is 2. The average molecular weight is 379 g/mol. The van der Waals surface area contributed by atoms with Crippen LogP contribution >= 0.6 is 0 Å². The first-order valence-corrected chi connectivity index (χ1v) is 9.25. The molecule has 1 N–H and O–H groups in total. The minimum absolute atomic E-state index is 0.0305. The van der Waals surface area contributed by atoms with Gasteiger partial charge in [-0.15, -0.1) is 0 Å². The van der Waals surface area contributed by atoms with Gasteiger partial charge < -0.3 is 15.3 Å². The van der Waals surface area contributed by atoms with E-state index in [1.807, 2.05) is 24.3 Å². The number of fused-ring (bicyclic) bond motifs is 2. The zero-order valence-corrected chi connectivity index (χ0v) is 15.3. The van der Waals surface area contributed by atoms with Crippen LogP contribution in [0, 0.1) is 16.3 Å². The summed E-state index contributed by atoms with van der Waals surface area (Å²) in [6.07, 6.45) is 8.71. The molecule has 1 saturated heterocycles. The number of hydroxylamine groups is 1. The van der Waals surface area contributed by atoms with Crippen LogP contribution in [-0.2, 0) is 9.63 Å². The van der Waals surface area contributed by atoms with Crippen molar-refractivity contribution in [2.75, 3.05) is 16.8 Å². The number of rotatable bonds is 0. The summed E-state index contributed by atoms with van der Waals surface area (Å²) in [5.41, 5.74) is 4.72. The van der Waals surface area contributed by atoms with Crippen LogP contribution in [0.25, 0.3) is 0 Å². The van der Waals surface area contributed by atoms with Gasteiger partial charge in [0.1, 0.15) is 5.82 Å². The third kappa shape index (κ3) is 2.15. The number of anilines is 2. The molecule has 2 unspecified atom stereocenters. The van der Waals surface area contributed by atoms with Crippen LogP contribution in [-0.4, -0.2) is 29.3 Å². The smallest absolute Gasteiger partial charge is 0.234 e. The summed E-state index contributed by atoms with van der Waals surface area (Å²) < 4.78 is 0. The van der Waals surface area contributed by atoms with Gasteiger partial charge in [0.25, 0.3) is 0 Å². The van der Waals surface area contributed by atoms with Crippen molar-refractivity contribution in [1.29, 1.82) is 0 Å². The Kier molecular flexibility index (Phi) is 3.54. The number of hydrogen-bond acceptors (Lipinski definition) is 6. The van der Waals surface area contributed by atoms with Crippen LogP contribution < -0.4 is 15.3 Å². The number of amides is 1. The summed E-state index contributed by atoms with van der Waals surface area (Å²) in [6.45, 7) is 0. The Labute approximate surface area is 161 Å². The van der Waals surface area contributed by atoms with Crippen molar-refractivity contribution in [3.05, 3.63) is 70.4 Å². The van der Waals surface area contributed by atoms with E-state index in [4.69, 9.17) is 4.84 Å². The van der Waals surface area contributed by atoms with E-state index < -0.39 is 10.6 Å². The first kappa shape index (κ1) is 16.9. The molecule has 2 aliphatic carbocycles. The van der Waals surface area contributed by atoms with E-state index >= 15 is 0 Å². The second kappa shape index (κ2) is 5.87. The lowest BCUT2D eigenvalue weighted by molar-refractivity contribution is -0.377. The van der Waals surface area contributed by atoms with Crippen molar-refractivity contribution in [2.24, 2.45) is 5.92 Å². The van der Waals surface area contributed by atoms with E-state index in [1.54, 1.807) is 24.1 Å². The second-order valence-corrected chi connectivity index (χ2v) is 7.37. The van der Waals surface area contributed by atoms with E-state index in [9.17, 15) is 15.2 Å². The topological polar surface area (TPSA) is 93.9 Å². The molecule has 2 aliphatic heterocycles. The first-order valence-electron chi connectivity index (χ1n) is 9.25. The summed E-state index contributed by atoms with van der Waals surface area (Å²) in [5, 5.41) is 22.0. The summed E-state index contributed by atoms with van der Waals surface area (Å²) in [7, 11) is 1.80. The Morgan fingerprint density at radius 2 is 1.89 bits per heavy atom. The van der Waals surface area contributed by atoms with E-state index in [0.29, 0.717) is 5.82 Å². The van der Waals surface area contributed by atoms with Crippen molar-refractivity contribution in [1.82, 2.24) is 5.48 Å². The molecule has 2 heterocycles. The maximum atomic E-state index is 13.2. The minimum Gasteiger partial charge on any atom is -0.612 e. The highest BCUT2D eigenvalue weighted by atomic mass is 16.8. The fourth-order valence-electron chi connectivity index (χ4n) is 4.63. The number of allylic oxidation sites excluding steroid dienone is 5. The Morgan fingerprint density at radius 1 is 1.18 bits per heavy atom. The maximum absolute atomic E-state index is 13.2. The molecular formula is C20H19N4O4-. The van der Waals surface area contributed by atoms with Crippen LogP contribution in [0.5, 0.6) is 0 Å². The van der Waals surface area contributed by atoms with Gasteiger partial charge in [0.05, 0.1) is 17.3 Å². The lowest BCUT2D eigenvalue weighted by Crippen LogP contribution is -2.50. The fraction of sp³-hybridized carbons (Fsp3) is 0.300. The molecule has 1 amide bonds. The molecule has 144 valence electrons. The lowest BCUT2D eigenvalue weighted by Gasteiger charge is -2.35. The van der Waals surface area contributed by atoms with Gasteiger partial charge >= 0.3 is 0 Å². The summed E-state index contributed by atoms with van der Waals surface area (Å²) in [5.74, 6) is 0.435.